The van der Waals surface area contributed by atoms with Gasteiger partial charge in [0.1, 0.15) is 23.2 Å². The van der Waals surface area contributed by atoms with Crippen molar-refractivity contribution in [2.75, 3.05) is 19.6 Å². The summed E-state index contributed by atoms with van der Waals surface area (Å²) < 4.78 is 13.0. The number of aryl methyl sites for hydroxylation is 1. The van der Waals surface area contributed by atoms with Gasteiger partial charge in [-0.3, -0.25) is 9.58 Å². The molecule has 1 fully saturated rings. The van der Waals surface area contributed by atoms with Crippen LogP contribution in [0.2, 0.25) is 6.32 Å². The Morgan fingerprint density at radius 3 is 2.96 bits per heavy atom. The lowest BCUT2D eigenvalue weighted by Gasteiger charge is -2.39. The van der Waals surface area contributed by atoms with Gasteiger partial charge in [0, 0.05) is 25.8 Å². The highest BCUT2D eigenvalue weighted by atomic mass is 16.5. The third kappa shape index (κ3) is 3.38. The van der Waals surface area contributed by atoms with E-state index in [4.69, 9.17) is 9.39 Å². The van der Waals surface area contributed by atoms with E-state index >= 15 is 0 Å². The van der Waals surface area contributed by atoms with Gasteiger partial charge in [0.25, 0.3) is 0 Å². The molecule has 2 aromatic rings. The fourth-order valence-corrected chi connectivity index (χ4v) is 3.27. The zero-order valence-corrected chi connectivity index (χ0v) is 14.1. The third-order valence-electron chi connectivity index (χ3n) is 4.66. The van der Waals surface area contributed by atoms with Crippen molar-refractivity contribution < 1.29 is 24.3 Å². The van der Waals surface area contributed by atoms with Crippen LogP contribution in [0.4, 0.5) is 0 Å². The van der Waals surface area contributed by atoms with Crippen LogP contribution in [0.25, 0.3) is 0 Å². The molecule has 10 heteroatoms. The molecule has 0 saturated carbocycles. The summed E-state index contributed by atoms with van der Waals surface area (Å²) in [6.45, 7) is 3.01. The zero-order chi connectivity index (χ0) is 18.1. The van der Waals surface area contributed by atoms with Crippen molar-refractivity contribution in [2.24, 2.45) is 0 Å². The van der Waals surface area contributed by atoms with Gasteiger partial charge in [0.2, 0.25) is 0 Å². The Balaban J connectivity index is 1.39. The Labute approximate surface area is 150 Å². The molecule has 0 radical (unpaired) electrons. The van der Waals surface area contributed by atoms with E-state index < -0.39 is 13.1 Å². The number of ether oxygens (including phenoxy) is 1. The first-order valence-corrected chi connectivity index (χ1v) is 8.57. The third-order valence-corrected chi connectivity index (χ3v) is 4.66. The molecule has 2 N–H and O–H groups in total. The molecular formula is C16H19BN4O5. The van der Waals surface area contributed by atoms with Crippen LogP contribution in [-0.2, 0) is 13.0 Å². The minimum atomic E-state index is -1.12. The Bertz CT molecular complexity index is 794. The number of benzene rings is 1. The number of rotatable bonds is 6. The van der Waals surface area contributed by atoms with Crippen LogP contribution in [0.1, 0.15) is 15.9 Å². The highest BCUT2D eigenvalue weighted by molar-refractivity contribution is 6.44. The van der Waals surface area contributed by atoms with E-state index in [-0.39, 0.29) is 23.2 Å². The second kappa shape index (κ2) is 6.97. The predicted octanol–water partition coefficient (Wildman–Crippen LogP) is 0.155. The number of aromatic nitrogens is 3. The van der Waals surface area contributed by atoms with E-state index in [0.29, 0.717) is 25.8 Å². The predicted molar refractivity (Wildman–Crippen MR) is 91.4 cm³/mol. The molecule has 1 aromatic carbocycles. The summed E-state index contributed by atoms with van der Waals surface area (Å²) in [6.07, 6.45) is 4.42. The standard InChI is InChI=1S/C16H19BN4O5/c22-16(23)14-13(2-1-11-3-4-17(24)26-15(11)14)25-12-9-20(10-12)7-8-21-6-5-18-19-21/h1-2,5-6,12,24H,3-4,7-10H2,(H,22,23). The summed E-state index contributed by atoms with van der Waals surface area (Å²) in [5, 5.41) is 27.0. The van der Waals surface area contributed by atoms with Crippen molar-refractivity contribution in [3.05, 3.63) is 35.7 Å². The van der Waals surface area contributed by atoms with Gasteiger partial charge in [0.15, 0.2) is 0 Å². The number of likely N-dealkylation sites (tertiary alicyclic amines) is 1. The Hall–Kier alpha value is -2.59. The van der Waals surface area contributed by atoms with Gasteiger partial charge >= 0.3 is 13.1 Å². The molecule has 0 spiro atoms. The second-order valence-corrected chi connectivity index (χ2v) is 6.51. The summed E-state index contributed by atoms with van der Waals surface area (Å²) >= 11 is 0. The molecule has 26 heavy (non-hydrogen) atoms. The molecule has 0 unspecified atom stereocenters. The minimum absolute atomic E-state index is 0.0117. The van der Waals surface area contributed by atoms with Crippen LogP contribution < -0.4 is 9.39 Å². The first-order chi connectivity index (χ1) is 12.6. The van der Waals surface area contributed by atoms with Crippen LogP contribution >= 0.6 is 0 Å². The largest absolute Gasteiger partial charge is 0.535 e. The normalized spacial score (nSPS) is 17.3. The number of aromatic carboxylic acids is 1. The summed E-state index contributed by atoms with van der Waals surface area (Å²) in [5.74, 6) is -0.615. The summed E-state index contributed by atoms with van der Waals surface area (Å²) in [4.78, 5) is 13.9. The zero-order valence-electron chi connectivity index (χ0n) is 14.1. The van der Waals surface area contributed by atoms with Gasteiger partial charge in [-0.1, -0.05) is 11.3 Å². The number of fused-ring (bicyclic) bond motifs is 1. The monoisotopic (exact) mass is 358 g/mol. The molecule has 1 saturated heterocycles. The van der Waals surface area contributed by atoms with Crippen LogP contribution in [0, 0.1) is 0 Å². The molecular weight excluding hydrogens is 339 g/mol. The van der Waals surface area contributed by atoms with E-state index in [0.717, 1.165) is 18.7 Å². The molecule has 1 aromatic heterocycles. The topological polar surface area (TPSA) is 110 Å². The smallest absolute Gasteiger partial charge is 0.522 e. The SMILES string of the molecule is O=C(O)c1c(OC2CN(CCn3ccnn3)C2)ccc2c1OB(O)CC2. The van der Waals surface area contributed by atoms with Crippen molar-refractivity contribution in [2.45, 2.75) is 25.4 Å². The van der Waals surface area contributed by atoms with E-state index in [1.165, 1.54) is 0 Å². The summed E-state index contributed by atoms with van der Waals surface area (Å²) in [5.41, 5.74) is 0.769. The number of hydrogen-bond donors (Lipinski definition) is 2. The van der Waals surface area contributed by atoms with Crippen molar-refractivity contribution in [1.82, 2.24) is 19.9 Å². The Morgan fingerprint density at radius 1 is 1.38 bits per heavy atom. The number of nitrogens with zero attached hydrogens (tertiary/aromatic N) is 4. The molecule has 0 atom stereocenters. The Kier molecular flexibility index (Phi) is 4.52. The van der Waals surface area contributed by atoms with Crippen molar-refractivity contribution >= 4 is 13.1 Å². The molecule has 136 valence electrons. The fraction of sp³-hybridized carbons (Fsp3) is 0.438. The van der Waals surface area contributed by atoms with Crippen LogP contribution in [0.15, 0.2) is 24.5 Å². The first-order valence-electron chi connectivity index (χ1n) is 8.57. The molecule has 2 aliphatic heterocycles. The Morgan fingerprint density at radius 2 is 2.23 bits per heavy atom. The maximum Gasteiger partial charge on any atom is 0.522 e. The molecule has 9 nitrogen and oxygen atoms in total. The van der Waals surface area contributed by atoms with E-state index in [2.05, 4.69) is 15.2 Å². The van der Waals surface area contributed by atoms with E-state index in [1.807, 2.05) is 12.3 Å². The van der Waals surface area contributed by atoms with Gasteiger partial charge in [0.05, 0.1) is 12.7 Å². The molecule has 0 amide bonds. The van der Waals surface area contributed by atoms with Crippen LogP contribution in [0.5, 0.6) is 11.5 Å². The average molecular weight is 358 g/mol. The summed E-state index contributed by atoms with van der Waals surface area (Å²) in [7, 11) is -0.980. The van der Waals surface area contributed by atoms with Crippen molar-refractivity contribution in [3.8, 4) is 11.5 Å². The van der Waals surface area contributed by atoms with Gasteiger partial charge in [-0.25, -0.2) is 4.79 Å². The van der Waals surface area contributed by atoms with Crippen LogP contribution in [-0.4, -0.2) is 68.9 Å². The molecule has 3 heterocycles. The first kappa shape index (κ1) is 16.9. The second-order valence-electron chi connectivity index (χ2n) is 6.51. The van der Waals surface area contributed by atoms with E-state index in [9.17, 15) is 14.9 Å². The average Bonchev–Trinajstić information content (AvgIpc) is 3.09. The molecule has 2 aliphatic rings. The molecule has 0 bridgehead atoms. The number of carboxylic acids is 1. The quantitative estimate of drug-likeness (QED) is 0.703. The van der Waals surface area contributed by atoms with Crippen molar-refractivity contribution in [1.29, 1.82) is 0 Å². The number of carbonyl (C=O) groups is 1. The number of hydrogen-bond acceptors (Lipinski definition) is 7. The number of carboxylic acid groups (broad SMARTS) is 1. The minimum Gasteiger partial charge on any atom is -0.535 e. The highest BCUT2D eigenvalue weighted by Crippen LogP contribution is 2.37. The van der Waals surface area contributed by atoms with Crippen LogP contribution in [0.3, 0.4) is 0 Å². The van der Waals surface area contributed by atoms with Gasteiger partial charge in [-0.05, 0) is 24.4 Å². The van der Waals surface area contributed by atoms with Crippen molar-refractivity contribution in [3.63, 3.8) is 0 Å². The van der Waals surface area contributed by atoms with Gasteiger partial charge in [-0.15, -0.1) is 5.10 Å². The molecule has 4 rings (SSSR count). The van der Waals surface area contributed by atoms with Gasteiger partial charge < -0.3 is 19.5 Å². The lowest BCUT2D eigenvalue weighted by Crippen LogP contribution is -2.54. The molecule has 0 aliphatic carbocycles. The lowest BCUT2D eigenvalue weighted by molar-refractivity contribution is 0.0162. The maximum absolute atomic E-state index is 11.7. The maximum atomic E-state index is 11.7. The van der Waals surface area contributed by atoms with E-state index in [1.54, 1.807) is 16.9 Å². The fourth-order valence-electron chi connectivity index (χ4n) is 3.27. The lowest BCUT2D eigenvalue weighted by atomic mass is 9.78. The summed E-state index contributed by atoms with van der Waals surface area (Å²) in [6, 6.07) is 3.49. The van der Waals surface area contributed by atoms with Gasteiger partial charge in [-0.2, -0.15) is 0 Å². The highest BCUT2D eigenvalue weighted by Gasteiger charge is 2.33.